The molecule has 8 nitrogen and oxygen atoms in total. The summed E-state index contributed by atoms with van der Waals surface area (Å²) in [6.45, 7) is 5.58. The lowest BCUT2D eigenvalue weighted by atomic mass is 10.1. The summed E-state index contributed by atoms with van der Waals surface area (Å²) < 4.78 is 45.4. The van der Waals surface area contributed by atoms with Gasteiger partial charge in [0.25, 0.3) is 5.89 Å². The molecule has 0 amide bonds. The lowest BCUT2D eigenvalue weighted by molar-refractivity contribution is 0.581. The van der Waals surface area contributed by atoms with Crippen LogP contribution in [0.1, 0.15) is 28.0 Å². The van der Waals surface area contributed by atoms with Crippen molar-refractivity contribution in [3.05, 3.63) is 65.7 Å². The Hall–Kier alpha value is -3.50. The average Bonchev–Trinajstić information content (AvgIpc) is 3.30. The predicted octanol–water partition coefficient (Wildman–Crippen LogP) is 4.70. The van der Waals surface area contributed by atoms with E-state index in [2.05, 4.69) is 25.5 Å². The van der Waals surface area contributed by atoms with Crippen molar-refractivity contribution in [1.29, 1.82) is 0 Å². The van der Waals surface area contributed by atoms with Gasteiger partial charge in [0.2, 0.25) is 5.89 Å². The Morgan fingerprint density at radius 1 is 1.09 bits per heavy atom. The second kappa shape index (κ2) is 9.40. The van der Waals surface area contributed by atoms with Crippen molar-refractivity contribution < 1.29 is 20.1 Å². The van der Waals surface area contributed by atoms with Gasteiger partial charge < -0.3 is 9.73 Å². The number of aryl methyl sites for hydroxylation is 1. The van der Waals surface area contributed by atoms with Gasteiger partial charge in [-0.05, 0) is 63.7 Å². The number of halogens is 1. The lowest BCUT2D eigenvalue weighted by Gasteiger charge is -2.10. The van der Waals surface area contributed by atoms with Gasteiger partial charge in [0, 0.05) is 20.5 Å². The van der Waals surface area contributed by atoms with Gasteiger partial charge in [-0.15, -0.1) is 10.2 Å². The summed E-state index contributed by atoms with van der Waals surface area (Å²) >= 11 is 0. The molecule has 4 aromatic rings. The van der Waals surface area contributed by atoms with Gasteiger partial charge in [-0.3, -0.25) is 4.98 Å². The summed E-state index contributed by atoms with van der Waals surface area (Å²) in [4.78, 5) is 8.72. The molecular formula is C24H28FN5O3S. The molecular weight excluding hydrogens is 457 g/mol. The van der Waals surface area contributed by atoms with Gasteiger partial charge in [-0.2, -0.15) is 0 Å². The minimum absolute atomic E-state index is 0. The molecule has 0 radical (unpaired) electrons. The van der Waals surface area contributed by atoms with E-state index in [4.69, 9.17) is 4.42 Å². The van der Waals surface area contributed by atoms with Crippen LogP contribution in [-0.2, 0) is 16.4 Å². The van der Waals surface area contributed by atoms with Crippen LogP contribution in [0.4, 0.5) is 4.39 Å². The van der Waals surface area contributed by atoms with Gasteiger partial charge in [0.15, 0.2) is 9.84 Å². The molecule has 180 valence electrons. The smallest absolute Gasteiger partial charge is 0.268 e. The number of hydrogen-bond acceptors (Lipinski definition) is 8. The highest BCUT2D eigenvalue weighted by molar-refractivity contribution is 7.92. The Morgan fingerprint density at radius 3 is 2.44 bits per heavy atom. The molecule has 0 aliphatic heterocycles. The first kappa shape index (κ1) is 23.7. The second-order valence-corrected chi connectivity index (χ2v) is 10.6. The van der Waals surface area contributed by atoms with Crippen molar-refractivity contribution >= 4 is 9.84 Å². The van der Waals surface area contributed by atoms with Crippen LogP contribution in [0.5, 0.6) is 0 Å². The van der Waals surface area contributed by atoms with Gasteiger partial charge >= 0.3 is 0 Å². The van der Waals surface area contributed by atoms with E-state index in [0.29, 0.717) is 17.3 Å². The fourth-order valence-electron chi connectivity index (χ4n) is 3.34. The van der Waals surface area contributed by atoms with Crippen LogP contribution >= 0.6 is 0 Å². The fourth-order valence-corrected chi connectivity index (χ4v) is 4.41. The average molecular weight is 486 g/mol. The summed E-state index contributed by atoms with van der Waals surface area (Å²) in [5.74, 6) is -0.230. The monoisotopic (exact) mass is 485 g/mol. The van der Waals surface area contributed by atoms with Crippen molar-refractivity contribution in [2.45, 2.75) is 37.5 Å². The van der Waals surface area contributed by atoms with Gasteiger partial charge in [-0.1, -0.05) is 12.1 Å². The molecule has 4 rings (SSSR count). The number of rotatable bonds is 7. The van der Waals surface area contributed by atoms with Crippen LogP contribution in [0.2, 0.25) is 0 Å². The second-order valence-electron chi connectivity index (χ2n) is 8.06. The summed E-state index contributed by atoms with van der Waals surface area (Å²) in [6.07, 6.45) is 1.42. The molecule has 10 heteroatoms. The summed E-state index contributed by atoms with van der Waals surface area (Å²) in [5.41, 5.74) is 3.08. The molecule has 0 saturated carbocycles. The lowest BCUT2D eigenvalue weighted by Crippen LogP contribution is -2.14. The summed E-state index contributed by atoms with van der Waals surface area (Å²) in [7, 11) is -1.72. The van der Waals surface area contributed by atoms with Crippen LogP contribution in [-0.4, -0.2) is 40.9 Å². The minimum atomic E-state index is -3.60. The molecule has 2 heterocycles. The van der Waals surface area contributed by atoms with E-state index in [-0.39, 0.29) is 24.9 Å². The van der Waals surface area contributed by atoms with Crippen molar-refractivity contribution in [2.75, 3.05) is 7.05 Å². The SMILES string of the molecule is CNCc1ccc(-c2nnc(-c3nc(-c4ccc(S(=O)(=O)C(C)C)cc4F)cnc3C)o2)cc1.[HH].[HH]. The summed E-state index contributed by atoms with van der Waals surface area (Å²) in [6, 6.07) is 11.5. The molecule has 0 aliphatic rings. The van der Waals surface area contributed by atoms with Gasteiger partial charge in [0.05, 0.1) is 27.7 Å². The molecule has 0 spiro atoms. The highest BCUT2D eigenvalue weighted by Gasteiger charge is 2.22. The first-order chi connectivity index (χ1) is 16.2. The fraction of sp³-hybridized carbons (Fsp3) is 0.250. The topological polar surface area (TPSA) is 111 Å². The zero-order valence-electron chi connectivity index (χ0n) is 19.2. The Labute approximate surface area is 200 Å². The Balaban J connectivity index is 0.00000228. The molecule has 34 heavy (non-hydrogen) atoms. The largest absolute Gasteiger partial charge is 0.415 e. The zero-order valence-corrected chi connectivity index (χ0v) is 20.0. The van der Waals surface area contributed by atoms with E-state index >= 15 is 0 Å². The van der Waals surface area contributed by atoms with Crippen LogP contribution < -0.4 is 5.32 Å². The van der Waals surface area contributed by atoms with Crippen LogP contribution in [0.25, 0.3) is 34.3 Å². The highest BCUT2D eigenvalue weighted by atomic mass is 32.2. The highest BCUT2D eigenvalue weighted by Crippen LogP contribution is 2.29. The van der Waals surface area contributed by atoms with E-state index in [0.717, 1.165) is 23.7 Å². The Kier molecular flexibility index (Phi) is 6.54. The van der Waals surface area contributed by atoms with E-state index in [1.54, 1.807) is 20.8 Å². The van der Waals surface area contributed by atoms with Gasteiger partial charge in [-0.25, -0.2) is 17.8 Å². The maximum atomic E-state index is 14.9. The maximum absolute atomic E-state index is 14.9. The number of nitrogens with zero attached hydrogens (tertiary/aromatic N) is 4. The molecule has 0 bridgehead atoms. The molecule has 0 unspecified atom stereocenters. The third-order valence-corrected chi connectivity index (χ3v) is 7.48. The van der Waals surface area contributed by atoms with Crippen molar-refractivity contribution in [3.63, 3.8) is 0 Å². The maximum Gasteiger partial charge on any atom is 0.268 e. The molecule has 0 saturated heterocycles. The third kappa shape index (κ3) is 4.59. The van der Waals surface area contributed by atoms with Gasteiger partial charge in [0.1, 0.15) is 11.5 Å². The molecule has 2 aromatic carbocycles. The number of aromatic nitrogens is 4. The zero-order chi connectivity index (χ0) is 24.5. The molecule has 0 atom stereocenters. The first-order valence-electron chi connectivity index (χ1n) is 10.7. The van der Waals surface area contributed by atoms with Crippen LogP contribution in [0.3, 0.4) is 0 Å². The molecule has 0 aliphatic carbocycles. The van der Waals surface area contributed by atoms with E-state index in [1.165, 1.54) is 18.3 Å². The van der Waals surface area contributed by atoms with E-state index in [9.17, 15) is 12.8 Å². The van der Waals surface area contributed by atoms with Crippen molar-refractivity contribution in [1.82, 2.24) is 25.5 Å². The predicted molar refractivity (Wildman–Crippen MR) is 130 cm³/mol. The number of sulfone groups is 1. The Bertz CT molecular complexity index is 1440. The van der Waals surface area contributed by atoms with E-state index in [1.807, 2.05) is 31.3 Å². The molecule has 0 fully saturated rings. The standard InChI is InChI=1S/C24H24FN5O3S.2H2/c1-14(2)34(31,32)18-9-10-19(20(25)11-18)21-13-27-15(3)22(28-21)24-30-29-23(33-24)17-7-5-16(6-8-17)12-26-4;;/h5-11,13-14,26H,12H2,1-4H3;2*1H. The number of hydrogen-bond donors (Lipinski definition) is 1. The summed E-state index contributed by atoms with van der Waals surface area (Å²) in [5, 5.41) is 10.6. The Morgan fingerprint density at radius 2 is 1.79 bits per heavy atom. The molecule has 1 N–H and O–H groups in total. The van der Waals surface area contributed by atoms with Crippen LogP contribution in [0.15, 0.2) is 58.0 Å². The number of benzene rings is 2. The quantitative estimate of drug-likeness (QED) is 0.401. The molecule has 2 aromatic heterocycles. The minimum Gasteiger partial charge on any atom is -0.415 e. The first-order valence-corrected chi connectivity index (χ1v) is 12.2. The number of nitrogens with one attached hydrogen (secondary N) is 1. The van der Waals surface area contributed by atoms with Crippen molar-refractivity contribution in [2.24, 2.45) is 0 Å². The van der Waals surface area contributed by atoms with Crippen molar-refractivity contribution in [3.8, 4) is 34.3 Å². The third-order valence-electron chi connectivity index (χ3n) is 5.33. The van der Waals surface area contributed by atoms with Crippen LogP contribution in [0, 0.1) is 12.7 Å². The van der Waals surface area contributed by atoms with E-state index < -0.39 is 20.9 Å². The normalized spacial score (nSPS) is 11.8.